The summed E-state index contributed by atoms with van der Waals surface area (Å²) in [6.45, 7) is 2.00. The number of hydrogen-bond donors (Lipinski definition) is 1. The van der Waals surface area contributed by atoms with Crippen LogP contribution < -0.4 is 0 Å². The maximum Gasteiger partial charge on any atom is 0.0992 e. The third-order valence-corrected chi connectivity index (χ3v) is 2.61. The molecular weight excluding hydrogens is 228 g/mol. The SMILES string of the molecule is Cc1cc2c(Br)cc(C#N)cc2[nH]1. The molecule has 1 N–H and O–H groups in total. The Morgan fingerprint density at radius 3 is 2.85 bits per heavy atom. The summed E-state index contributed by atoms with van der Waals surface area (Å²) in [6.07, 6.45) is 0. The van der Waals surface area contributed by atoms with Gasteiger partial charge in [-0.2, -0.15) is 5.26 Å². The molecule has 2 aromatic rings. The highest BCUT2D eigenvalue weighted by Crippen LogP contribution is 2.25. The zero-order valence-electron chi connectivity index (χ0n) is 7.06. The standard InChI is InChI=1S/C10H7BrN2/c1-6-2-8-9(11)3-7(5-12)4-10(8)13-6/h2-4,13H,1H3. The Hall–Kier alpha value is -1.27. The molecule has 0 atom stereocenters. The molecule has 0 amide bonds. The summed E-state index contributed by atoms with van der Waals surface area (Å²) in [5.74, 6) is 0. The van der Waals surface area contributed by atoms with Crippen LogP contribution in [0.3, 0.4) is 0 Å². The van der Waals surface area contributed by atoms with E-state index < -0.39 is 0 Å². The number of aryl methyl sites for hydroxylation is 1. The molecule has 0 fully saturated rings. The number of benzene rings is 1. The van der Waals surface area contributed by atoms with Crippen LogP contribution in [0.5, 0.6) is 0 Å². The molecule has 0 aliphatic heterocycles. The van der Waals surface area contributed by atoms with Crippen molar-refractivity contribution in [2.45, 2.75) is 6.92 Å². The second-order valence-corrected chi connectivity index (χ2v) is 3.84. The Kier molecular flexibility index (Phi) is 1.86. The van der Waals surface area contributed by atoms with Crippen molar-refractivity contribution in [3.8, 4) is 6.07 Å². The van der Waals surface area contributed by atoms with Gasteiger partial charge in [0.1, 0.15) is 0 Å². The van der Waals surface area contributed by atoms with Crippen molar-refractivity contribution in [2.75, 3.05) is 0 Å². The maximum atomic E-state index is 8.74. The van der Waals surface area contributed by atoms with Crippen molar-refractivity contribution < 1.29 is 0 Å². The molecule has 2 nitrogen and oxygen atoms in total. The highest BCUT2D eigenvalue weighted by Gasteiger charge is 2.03. The van der Waals surface area contributed by atoms with Crippen LogP contribution >= 0.6 is 15.9 Å². The van der Waals surface area contributed by atoms with E-state index in [1.807, 2.05) is 19.1 Å². The number of aromatic amines is 1. The van der Waals surface area contributed by atoms with E-state index in [9.17, 15) is 0 Å². The molecule has 2 rings (SSSR count). The molecule has 13 heavy (non-hydrogen) atoms. The molecule has 0 radical (unpaired) electrons. The van der Waals surface area contributed by atoms with Gasteiger partial charge in [-0.25, -0.2) is 0 Å². The van der Waals surface area contributed by atoms with Gasteiger partial charge in [0.25, 0.3) is 0 Å². The summed E-state index contributed by atoms with van der Waals surface area (Å²) < 4.78 is 0.964. The number of rotatable bonds is 0. The van der Waals surface area contributed by atoms with Gasteiger partial charge >= 0.3 is 0 Å². The first kappa shape index (κ1) is 8.33. The normalized spacial score (nSPS) is 10.2. The topological polar surface area (TPSA) is 39.6 Å². The lowest BCUT2D eigenvalue weighted by molar-refractivity contribution is 1.30. The van der Waals surface area contributed by atoms with Gasteiger partial charge in [0.15, 0.2) is 0 Å². The molecule has 0 bridgehead atoms. The smallest absolute Gasteiger partial charge is 0.0992 e. The minimum absolute atomic E-state index is 0.668. The number of nitrogens with one attached hydrogen (secondary N) is 1. The van der Waals surface area contributed by atoms with Crippen LogP contribution in [0.2, 0.25) is 0 Å². The number of aromatic nitrogens is 1. The molecule has 0 saturated carbocycles. The molecule has 0 aliphatic rings. The summed E-state index contributed by atoms with van der Waals surface area (Å²) in [6, 6.07) is 7.86. The van der Waals surface area contributed by atoms with E-state index in [1.165, 1.54) is 0 Å². The van der Waals surface area contributed by atoms with Gasteiger partial charge in [0, 0.05) is 21.1 Å². The van der Waals surface area contributed by atoms with Crippen LogP contribution in [-0.4, -0.2) is 4.98 Å². The highest BCUT2D eigenvalue weighted by atomic mass is 79.9. The molecule has 0 unspecified atom stereocenters. The monoisotopic (exact) mass is 234 g/mol. The zero-order valence-corrected chi connectivity index (χ0v) is 8.64. The minimum atomic E-state index is 0.668. The van der Waals surface area contributed by atoms with Crippen LogP contribution in [0.1, 0.15) is 11.3 Å². The first-order chi connectivity index (χ1) is 6.20. The van der Waals surface area contributed by atoms with Gasteiger partial charge in [-0.1, -0.05) is 15.9 Å². The van der Waals surface area contributed by atoms with Gasteiger partial charge in [0.05, 0.1) is 11.6 Å². The first-order valence-electron chi connectivity index (χ1n) is 3.89. The Labute approximate surface area is 84.3 Å². The Bertz CT molecular complexity index is 505. The molecule has 0 aliphatic carbocycles. The van der Waals surface area contributed by atoms with Gasteiger partial charge in [-0.3, -0.25) is 0 Å². The quantitative estimate of drug-likeness (QED) is 0.748. The number of H-pyrrole nitrogens is 1. The van der Waals surface area contributed by atoms with E-state index in [1.54, 1.807) is 0 Å². The minimum Gasteiger partial charge on any atom is -0.359 e. The maximum absolute atomic E-state index is 8.74. The molecule has 3 heteroatoms. The Morgan fingerprint density at radius 2 is 2.15 bits per heavy atom. The van der Waals surface area contributed by atoms with Crippen molar-refractivity contribution in [1.29, 1.82) is 5.26 Å². The van der Waals surface area contributed by atoms with E-state index in [-0.39, 0.29) is 0 Å². The van der Waals surface area contributed by atoms with Crippen molar-refractivity contribution in [2.24, 2.45) is 0 Å². The average Bonchev–Trinajstić information content (AvgIpc) is 2.46. The van der Waals surface area contributed by atoms with E-state index in [0.717, 1.165) is 21.1 Å². The van der Waals surface area contributed by atoms with Crippen LogP contribution in [0.15, 0.2) is 22.7 Å². The predicted molar refractivity (Wildman–Crippen MR) is 55.5 cm³/mol. The van der Waals surface area contributed by atoms with Crippen molar-refractivity contribution >= 4 is 26.8 Å². The zero-order chi connectivity index (χ0) is 9.42. The predicted octanol–water partition coefficient (Wildman–Crippen LogP) is 3.11. The van der Waals surface area contributed by atoms with Crippen molar-refractivity contribution in [1.82, 2.24) is 4.98 Å². The fourth-order valence-corrected chi connectivity index (χ4v) is 1.97. The fourth-order valence-electron chi connectivity index (χ4n) is 1.40. The largest absolute Gasteiger partial charge is 0.359 e. The van der Waals surface area contributed by atoms with Crippen LogP contribution in [-0.2, 0) is 0 Å². The van der Waals surface area contributed by atoms with Gasteiger partial charge in [0.2, 0.25) is 0 Å². The molecule has 0 spiro atoms. The fraction of sp³-hybridized carbons (Fsp3) is 0.100. The summed E-state index contributed by atoms with van der Waals surface area (Å²) in [5.41, 5.74) is 2.77. The second-order valence-electron chi connectivity index (χ2n) is 2.98. The number of hydrogen-bond acceptors (Lipinski definition) is 1. The highest BCUT2D eigenvalue weighted by molar-refractivity contribution is 9.10. The summed E-state index contributed by atoms with van der Waals surface area (Å²) >= 11 is 3.43. The summed E-state index contributed by atoms with van der Waals surface area (Å²) in [4.78, 5) is 3.19. The number of nitrogens with zero attached hydrogens (tertiary/aromatic N) is 1. The Balaban J connectivity index is 2.85. The third-order valence-electron chi connectivity index (χ3n) is 1.95. The van der Waals surface area contributed by atoms with Gasteiger partial charge < -0.3 is 4.98 Å². The van der Waals surface area contributed by atoms with E-state index in [4.69, 9.17) is 5.26 Å². The molecule has 1 aromatic heterocycles. The van der Waals surface area contributed by atoms with E-state index >= 15 is 0 Å². The second kappa shape index (κ2) is 2.90. The number of nitriles is 1. The third kappa shape index (κ3) is 1.34. The number of halogens is 1. The summed E-state index contributed by atoms with van der Waals surface area (Å²) in [7, 11) is 0. The molecular formula is C10H7BrN2. The molecule has 0 saturated heterocycles. The van der Waals surface area contributed by atoms with Crippen LogP contribution in [0, 0.1) is 18.3 Å². The van der Waals surface area contributed by atoms with Crippen LogP contribution in [0.4, 0.5) is 0 Å². The first-order valence-corrected chi connectivity index (χ1v) is 4.69. The van der Waals surface area contributed by atoms with Gasteiger partial charge in [-0.05, 0) is 25.1 Å². The summed E-state index contributed by atoms with van der Waals surface area (Å²) in [5, 5.41) is 9.87. The lowest BCUT2D eigenvalue weighted by atomic mass is 10.2. The van der Waals surface area contributed by atoms with Crippen LogP contribution in [0.25, 0.3) is 10.9 Å². The van der Waals surface area contributed by atoms with Crippen molar-refractivity contribution in [3.05, 3.63) is 33.9 Å². The van der Waals surface area contributed by atoms with E-state index in [2.05, 4.69) is 33.0 Å². The molecule has 1 heterocycles. The molecule has 1 aromatic carbocycles. The van der Waals surface area contributed by atoms with E-state index in [0.29, 0.717) is 5.56 Å². The van der Waals surface area contributed by atoms with Crippen molar-refractivity contribution in [3.63, 3.8) is 0 Å². The number of fused-ring (bicyclic) bond motifs is 1. The molecule has 64 valence electrons. The Morgan fingerprint density at radius 1 is 1.38 bits per heavy atom. The lowest BCUT2D eigenvalue weighted by Gasteiger charge is -1.94. The average molecular weight is 235 g/mol. The van der Waals surface area contributed by atoms with Gasteiger partial charge in [-0.15, -0.1) is 0 Å². The lowest BCUT2D eigenvalue weighted by Crippen LogP contribution is -1.76.